The average Bonchev–Trinajstić information content (AvgIpc) is 2.95. The van der Waals surface area contributed by atoms with Gasteiger partial charge >= 0.3 is 5.97 Å². The molecule has 0 spiro atoms. The fraction of sp³-hybridized carbons (Fsp3) is 0.389. The van der Waals surface area contributed by atoms with E-state index in [2.05, 4.69) is 4.98 Å². The minimum Gasteiger partial charge on any atom is -0.481 e. The summed E-state index contributed by atoms with van der Waals surface area (Å²) in [6, 6.07) is 6.02. The molecule has 6 heteroatoms. The van der Waals surface area contributed by atoms with Gasteiger partial charge in [0.2, 0.25) is 0 Å². The fourth-order valence-electron chi connectivity index (χ4n) is 2.50. The topological polar surface area (TPSA) is 67.3 Å². The molecule has 2 aromatic rings. The maximum absolute atomic E-state index is 12.9. The van der Waals surface area contributed by atoms with E-state index in [4.69, 9.17) is 0 Å². The number of benzene rings is 1. The van der Waals surface area contributed by atoms with E-state index in [0.717, 1.165) is 10.6 Å². The molecule has 24 heavy (non-hydrogen) atoms. The van der Waals surface area contributed by atoms with Gasteiger partial charge in [0, 0.05) is 23.8 Å². The number of ketones is 1. The predicted octanol–water partition coefficient (Wildman–Crippen LogP) is 4.20. The molecule has 0 aliphatic heterocycles. The van der Waals surface area contributed by atoms with Crippen LogP contribution >= 0.6 is 11.3 Å². The van der Waals surface area contributed by atoms with Gasteiger partial charge in [-0.1, -0.05) is 13.8 Å². The highest BCUT2D eigenvalue weighted by Gasteiger charge is 2.22. The highest BCUT2D eigenvalue weighted by molar-refractivity contribution is 7.13. The first kappa shape index (κ1) is 18.3. The Bertz CT molecular complexity index is 709. The summed E-state index contributed by atoms with van der Waals surface area (Å²) in [4.78, 5) is 27.8. The van der Waals surface area contributed by atoms with Crippen LogP contribution in [0.5, 0.6) is 0 Å². The molecule has 0 amide bonds. The highest BCUT2D eigenvalue weighted by Crippen LogP contribution is 2.25. The van der Waals surface area contributed by atoms with Crippen LogP contribution in [0.4, 0.5) is 4.39 Å². The molecule has 1 N–H and O–H groups in total. The first-order chi connectivity index (χ1) is 11.3. The van der Waals surface area contributed by atoms with Gasteiger partial charge in [0.05, 0.1) is 11.6 Å². The van der Waals surface area contributed by atoms with E-state index >= 15 is 0 Å². The van der Waals surface area contributed by atoms with Crippen LogP contribution in [0.1, 0.15) is 32.4 Å². The highest BCUT2D eigenvalue weighted by atomic mass is 32.1. The second kappa shape index (κ2) is 8.15. The maximum Gasteiger partial charge on any atom is 0.306 e. The number of rotatable bonds is 8. The van der Waals surface area contributed by atoms with E-state index in [9.17, 15) is 19.1 Å². The zero-order valence-electron chi connectivity index (χ0n) is 13.7. The Labute approximate surface area is 144 Å². The summed E-state index contributed by atoms with van der Waals surface area (Å²) in [5.41, 5.74) is 1.42. The number of thiazole rings is 1. The van der Waals surface area contributed by atoms with E-state index in [0.29, 0.717) is 12.1 Å². The zero-order valence-corrected chi connectivity index (χ0v) is 14.5. The Balaban J connectivity index is 1.99. The van der Waals surface area contributed by atoms with Crippen molar-refractivity contribution in [3.05, 3.63) is 41.2 Å². The molecule has 0 radical (unpaired) electrons. The Morgan fingerprint density at radius 2 is 1.92 bits per heavy atom. The van der Waals surface area contributed by atoms with Crippen LogP contribution in [0.2, 0.25) is 0 Å². The van der Waals surface area contributed by atoms with E-state index in [1.165, 1.54) is 23.5 Å². The largest absolute Gasteiger partial charge is 0.481 e. The summed E-state index contributed by atoms with van der Waals surface area (Å²) in [5.74, 6) is -1.78. The molecule has 0 unspecified atom stereocenters. The first-order valence-electron chi connectivity index (χ1n) is 7.80. The molecule has 1 aromatic carbocycles. The number of carboxylic acids is 1. The van der Waals surface area contributed by atoms with Gasteiger partial charge in [-0.2, -0.15) is 0 Å². The first-order valence-corrected chi connectivity index (χ1v) is 8.68. The number of aliphatic carboxylic acids is 1. The molecule has 0 bridgehead atoms. The predicted molar refractivity (Wildman–Crippen MR) is 91.4 cm³/mol. The quantitative estimate of drug-likeness (QED) is 0.776. The van der Waals surface area contributed by atoms with Gasteiger partial charge in [-0.05, 0) is 36.6 Å². The number of carbonyl (C=O) groups excluding carboxylic acids is 1. The molecule has 0 aliphatic carbocycles. The van der Waals surface area contributed by atoms with Crippen molar-refractivity contribution in [1.82, 2.24) is 4.98 Å². The lowest BCUT2D eigenvalue weighted by atomic mass is 9.91. The second-order valence-corrected chi connectivity index (χ2v) is 7.09. The molecule has 0 aliphatic rings. The van der Waals surface area contributed by atoms with Gasteiger partial charge in [0.15, 0.2) is 0 Å². The van der Waals surface area contributed by atoms with Crippen molar-refractivity contribution in [1.29, 1.82) is 0 Å². The van der Waals surface area contributed by atoms with Crippen molar-refractivity contribution in [2.45, 2.75) is 33.1 Å². The minimum atomic E-state index is -0.928. The lowest BCUT2D eigenvalue weighted by Crippen LogP contribution is -2.20. The van der Waals surface area contributed by atoms with E-state index in [1.807, 2.05) is 13.8 Å². The summed E-state index contributed by atoms with van der Waals surface area (Å²) >= 11 is 1.38. The number of halogens is 1. The van der Waals surface area contributed by atoms with Crippen molar-refractivity contribution in [2.75, 3.05) is 0 Å². The van der Waals surface area contributed by atoms with Crippen molar-refractivity contribution in [3.8, 4) is 10.6 Å². The molecule has 4 nitrogen and oxygen atoms in total. The van der Waals surface area contributed by atoms with E-state index < -0.39 is 11.9 Å². The number of carboxylic acid groups (broad SMARTS) is 1. The van der Waals surface area contributed by atoms with Crippen LogP contribution in [0.15, 0.2) is 29.6 Å². The summed E-state index contributed by atoms with van der Waals surface area (Å²) in [6.45, 7) is 3.88. The molecule has 1 heterocycles. The Hall–Kier alpha value is -2.08. The number of hydrogen-bond acceptors (Lipinski definition) is 4. The third-order valence-corrected chi connectivity index (χ3v) is 4.54. The SMILES string of the molecule is CC(C)C[C@@H](CC(=O)Cc1csc(-c2ccc(F)cc2)n1)C(=O)O. The fourth-order valence-corrected chi connectivity index (χ4v) is 3.33. The maximum atomic E-state index is 12.9. The number of aromatic nitrogens is 1. The van der Waals surface area contributed by atoms with Crippen molar-refractivity contribution < 1.29 is 19.1 Å². The normalized spacial score (nSPS) is 12.3. The van der Waals surface area contributed by atoms with Crippen molar-refractivity contribution >= 4 is 23.1 Å². The van der Waals surface area contributed by atoms with Crippen LogP contribution in [0.25, 0.3) is 10.6 Å². The molecule has 0 saturated heterocycles. The zero-order chi connectivity index (χ0) is 17.7. The molecule has 1 atom stereocenters. The smallest absolute Gasteiger partial charge is 0.306 e. The Morgan fingerprint density at radius 1 is 1.25 bits per heavy atom. The molecule has 2 rings (SSSR count). The number of nitrogens with zero attached hydrogens (tertiary/aromatic N) is 1. The van der Waals surface area contributed by atoms with Gasteiger partial charge in [0.1, 0.15) is 16.6 Å². The van der Waals surface area contributed by atoms with Crippen LogP contribution in [-0.4, -0.2) is 21.8 Å². The lowest BCUT2D eigenvalue weighted by Gasteiger charge is -2.13. The minimum absolute atomic E-state index is 0.0247. The lowest BCUT2D eigenvalue weighted by molar-refractivity contribution is -0.144. The van der Waals surface area contributed by atoms with Crippen molar-refractivity contribution in [3.63, 3.8) is 0 Å². The molecular formula is C18H20FNO3S. The van der Waals surface area contributed by atoms with Crippen LogP contribution < -0.4 is 0 Å². The molecule has 0 saturated carbocycles. The summed E-state index contributed by atoms with van der Waals surface area (Å²) in [5, 5.41) is 11.7. The van der Waals surface area contributed by atoms with Crippen LogP contribution in [0, 0.1) is 17.7 Å². The van der Waals surface area contributed by atoms with Gasteiger partial charge in [0.25, 0.3) is 0 Å². The van der Waals surface area contributed by atoms with Gasteiger partial charge < -0.3 is 5.11 Å². The second-order valence-electron chi connectivity index (χ2n) is 6.24. The summed E-state index contributed by atoms with van der Waals surface area (Å²) in [6.07, 6.45) is 0.634. The van der Waals surface area contributed by atoms with Gasteiger partial charge in [-0.25, -0.2) is 9.37 Å². The van der Waals surface area contributed by atoms with Gasteiger partial charge in [-0.15, -0.1) is 11.3 Å². The van der Waals surface area contributed by atoms with Gasteiger partial charge in [-0.3, -0.25) is 9.59 Å². The molecule has 0 fully saturated rings. The van der Waals surface area contributed by atoms with E-state index in [-0.39, 0.29) is 30.4 Å². The van der Waals surface area contributed by atoms with Crippen LogP contribution in [-0.2, 0) is 16.0 Å². The molecular weight excluding hydrogens is 329 g/mol. The number of Topliss-reactive ketones (excluding diaryl/α,β-unsaturated/α-hetero) is 1. The number of carbonyl (C=O) groups is 2. The molecule has 1 aromatic heterocycles. The third kappa shape index (κ3) is 5.23. The monoisotopic (exact) mass is 349 g/mol. The Kier molecular flexibility index (Phi) is 6.20. The van der Waals surface area contributed by atoms with E-state index in [1.54, 1.807) is 17.5 Å². The standard InChI is InChI=1S/C18H20FNO3S/c1-11(2)7-13(18(22)23)8-16(21)9-15-10-24-17(20-15)12-3-5-14(19)6-4-12/h3-6,10-11,13H,7-9H2,1-2H3,(H,22,23)/t13-/m0/s1. The number of hydrogen-bond donors (Lipinski definition) is 1. The average molecular weight is 349 g/mol. The van der Waals surface area contributed by atoms with Crippen molar-refractivity contribution in [2.24, 2.45) is 11.8 Å². The molecule has 128 valence electrons. The third-order valence-electron chi connectivity index (χ3n) is 3.60. The van der Waals surface area contributed by atoms with Crippen LogP contribution in [0.3, 0.4) is 0 Å². The summed E-state index contributed by atoms with van der Waals surface area (Å²) < 4.78 is 12.9. The summed E-state index contributed by atoms with van der Waals surface area (Å²) in [7, 11) is 0. The Morgan fingerprint density at radius 3 is 2.50 bits per heavy atom.